The number of carbonyl (C=O) groups is 3. The van der Waals surface area contributed by atoms with E-state index in [1.165, 1.54) is 18.2 Å². The van der Waals surface area contributed by atoms with Crippen LogP contribution in [0, 0.1) is 0 Å². The number of hydrogen-bond acceptors (Lipinski definition) is 16. The van der Waals surface area contributed by atoms with Crippen molar-refractivity contribution < 1.29 is 108 Å². The Balaban J connectivity index is 0.00000914. The standard InChI is InChI=1S/C53H65N3O16S2.Na/c1-37-36-52(2,3)55(20-21-67-24-25-69-28-29-70-27-26-68-23-22-66-5)45-35-47-42(34-41(37)45)39(31-46(71-47)38-11-7-6-8-12-38)32-48-53(4,18-9-13-51(59)72-56-49(57)16-17-50(56)58)43-33-40(74(63,64)65)14-15-44(43)54(48)19-10-30-73(60,61)62;/h6-8,11-12,14-15,31-36H,9-10,13,16-30H2,1-5H3,(H-,60,61,62,63,64,65);/q;+1. The molecule has 2 amide bonds. The third-order valence-electron chi connectivity index (χ3n) is 13.3. The van der Waals surface area contributed by atoms with Gasteiger partial charge in [0.15, 0.2) is 5.71 Å². The van der Waals surface area contributed by atoms with E-state index >= 15 is 0 Å². The summed E-state index contributed by atoms with van der Waals surface area (Å²) >= 11 is 0. The first-order chi connectivity index (χ1) is 35.2. The molecule has 0 saturated carbocycles. The molecule has 0 aromatic heterocycles. The van der Waals surface area contributed by atoms with Crippen LogP contribution >= 0.6 is 0 Å². The van der Waals surface area contributed by atoms with Crippen LogP contribution in [0.5, 0.6) is 5.75 Å². The molecule has 19 nitrogen and oxygen atoms in total. The Morgan fingerprint density at radius 3 is 2.08 bits per heavy atom. The molecule has 1 atom stereocenters. The summed E-state index contributed by atoms with van der Waals surface area (Å²) in [7, 11) is -7.73. The average Bonchev–Trinajstić information content (AvgIpc) is 3.78. The van der Waals surface area contributed by atoms with Gasteiger partial charge in [-0.05, 0) is 76.0 Å². The van der Waals surface area contributed by atoms with Gasteiger partial charge in [0, 0.05) is 85.5 Å². The molecule has 0 spiro atoms. The molecule has 4 heterocycles. The first kappa shape index (κ1) is 59.6. The summed E-state index contributed by atoms with van der Waals surface area (Å²) in [6, 6.07) is 17.6. The summed E-state index contributed by atoms with van der Waals surface area (Å²) in [6.07, 6.45) is 5.85. The van der Waals surface area contributed by atoms with Gasteiger partial charge in [0.1, 0.15) is 28.2 Å². The Hall–Kier alpha value is -4.62. The molecule has 3 aromatic rings. The van der Waals surface area contributed by atoms with Gasteiger partial charge in [0.2, 0.25) is 5.69 Å². The van der Waals surface area contributed by atoms with Crippen molar-refractivity contribution in [2.24, 2.45) is 0 Å². The van der Waals surface area contributed by atoms with Gasteiger partial charge in [0.05, 0.1) is 81.1 Å². The molecule has 0 radical (unpaired) electrons. The SMILES string of the molecule is COCCOCCOCCOCCOCCN1c2cc3c(cc2C(C)=CC1(C)C)C(=CC1=[N+](CCCS(=O)(=O)O)c2ccc(S(=O)(=O)[O-])cc2C1(C)CCCC(=O)ON1C(=O)CCC1=O)C=C(c1ccccc1)O3.[Na+]. The molecule has 0 bridgehead atoms. The van der Waals surface area contributed by atoms with Crippen LogP contribution in [0.2, 0.25) is 0 Å². The van der Waals surface area contributed by atoms with Crippen molar-refractivity contribution in [1.82, 2.24) is 5.06 Å². The van der Waals surface area contributed by atoms with Gasteiger partial charge in [0.25, 0.3) is 21.9 Å². The minimum Gasteiger partial charge on any atom is -0.744 e. The predicted molar refractivity (Wildman–Crippen MR) is 273 cm³/mol. The van der Waals surface area contributed by atoms with Crippen molar-refractivity contribution in [3.8, 4) is 5.75 Å². The molecule has 7 rings (SSSR count). The molecule has 1 N–H and O–H groups in total. The van der Waals surface area contributed by atoms with E-state index in [2.05, 4.69) is 30.9 Å². The number of amides is 2. The molecule has 1 saturated heterocycles. The Morgan fingerprint density at radius 1 is 0.840 bits per heavy atom. The summed E-state index contributed by atoms with van der Waals surface area (Å²) in [5.41, 5.74) is 4.92. The maximum atomic E-state index is 13.1. The second kappa shape index (κ2) is 26.2. The number of methoxy groups -OCH3 is 1. The first-order valence-electron chi connectivity index (χ1n) is 24.6. The average molecular weight is 1090 g/mol. The molecule has 400 valence electrons. The normalized spacial score (nSPS) is 18.6. The Kier molecular flexibility index (Phi) is 20.8. The summed E-state index contributed by atoms with van der Waals surface area (Å²) in [5, 5.41) is 0.476. The van der Waals surface area contributed by atoms with Gasteiger partial charge in [-0.15, -0.1) is 5.06 Å². The Bertz CT molecular complexity index is 2920. The smallest absolute Gasteiger partial charge is 0.744 e. The van der Waals surface area contributed by atoms with Crippen molar-refractivity contribution in [3.05, 3.63) is 101 Å². The molecule has 4 aliphatic rings. The number of hydrogen-bond donors (Lipinski definition) is 1. The van der Waals surface area contributed by atoms with Gasteiger partial charge in [-0.3, -0.25) is 14.1 Å². The monoisotopic (exact) mass is 1090 g/mol. The maximum Gasteiger partial charge on any atom is 1.00 e. The fraction of sp³-hybridized carbons (Fsp3) is 0.472. The molecule has 3 aromatic carbocycles. The van der Waals surface area contributed by atoms with Crippen LogP contribution in [0.4, 0.5) is 11.4 Å². The number of carbonyl (C=O) groups excluding carboxylic acids is 3. The molecule has 0 aliphatic carbocycles. The first-order valence-corrected chi connectivity index (χ1v) is 27.6. The topological polar surface area (TPSA) is 237 Å². The van der Waals surface area contributed by atoms with E-state index in [9.17, 15) is 40.3 Å². The van der Waals surface area contributed by atoms with E-state index in [4.69, 9.17) is 33.3 Å². The van der Waals surface area contributed by atoms with E-state index in [1.54, 1.807) is 7.11 Å². The minimum atomic E-state index is -4.96. The largest absolute Gasteiger partial charge is 1.00 e. The molecular weight excluding hydrogens is 1020 g/mol. The number of imide groups is 1. The molecule has 75 heavy (non-hydrogen) atoms. The molecular formula is C53H65N3NaO16S2+. The summed E-state index contributed by atoms with van der Waals surface area (Å²) in [6.45, 7) is 12.8. The zero-order valence-electron chi connectivity index (χ0n) is 43.5. The zero-order chi connectivity index (χ0) is 53.3. The molecule has 1 unspecified atom stereocenters. The quantitative estimate of drug-likeness (QED) is 0.0379. The third-order valence-corrected chi connectivity index (χ3v) is 14.9. The van der Waals surface area contributed by atoms with Crippen LogP contribution in [0.3, 0.4) is 0 Å². The van der Waals surface area contributed by atoms with Gasteiger partial charge < -0.3 is 42.7 Å². The van der Waals surface area contributed by atoms with Crippen LogP contribution in [0.15, 0.2) is 83.8 Å². The second-order valence-electron chi connectivity index (χ2n) is 19.1. The van der Waals surface area contributed by atoms with Crippen molar-refractivity contribution in [2.45, 2.75) is 82.1 Å². The van der Waals surface area contributed by atoms with E-state index in [-0.39, 0.29) is 74.6 Å². The third kappa shape index (κ3) is 15.1. The van der Waals surface area contributed by atoms with Crippen molar-refractivity contribution in [3.63, 3.8) is 0 Å². The number of benzene rings is 3. The number of nitrogens with zero attached hydrogens (tertiary/aromatic N) is 3. The summed E-state index contributed by atoms with van der Waals surface area (Å²) < 4.78 is 108. The molecule has 22 heteroatoms. The Labute approximate surface area is 461 Å². The molecule has 4 aliphatic heterocycles. The number of hydroxylamine groups is 2. The number of rotatable bonds is 27. The number of allylic oxidation sites excluding steroid dienone is 4. The maximum absolute atomic E-state index is 13.1. The summed E-state index contributed by atoms with van der Waals surface area (Å²) in [5.74, 6) is -1.60. The van der Waals surface area contributed by atoms with Gasteiger partial charge in [-0.25, -0.2) is 13.2 Å². The Morgan fingerprint density at radius 2 is 1.47 bits per heavy atom. The van der Waals surface area contributed by atoms with Gasteiger partial charge >= 0.3 is 35.5 Å². The minimum absolute atomic E-state index is 0. The van der Waals surface area contributed by atoms with Crippen molar-refractivity contribution in [2.75, 3.05) is 90.3 Å². The van der Waals surface area contributed by atoms with E-state index < -0.39 is 59.6 Å². The fourth-order valence-electron chi connectivity index (χ4n) is 9.71. The van der Waals surface area contributed by atoms with Crippen molar-refractivity contribution >= 4 is 72.0 Å². The van der Waals surface area contributed by atoms with Gasteiger partial charge in [-0.2, -0.15) is 13.0 Å². The van der Waals surface area contributed by atoms with Crippen LogP contribution in [0.25, 0.3) is 16.9 Å². The van der Waals surface area contributed by atoms with Gasteiger partial charge in [-0.1, -0.05) is 36.4 Å². The van der Waals surface area contributed by atoms with E-state index in [1.807, 2.05) is 67.0 Å². The molecule has 1 fully saturated rings. The van der Waals surface area contributed by atoms with Crippen LogP contribution < -0.4 is 39.2 Å². The van der Waals surface area contributed by atoms with E-state index in [0.29, 0.717) is 111 Å². The number of ether oxygens (including phenoxy) is 6. The zero-order valence-corrected chi connectivity index (χ0v) is 47.1. The van der Waals surface area contributed by atoms with Crippen molar-refractivity contribution in [1.29, 1.82) is 0 Å². The number of anilines is 1. The number of fused-ring (bicyclic) bond motifs is 3. The predicted octanol–water partition coefficient (Wildman–Crippen LogP) is 3.24. The van der Waals surface area contributed by atoms with Crippen LogP contribution in [-0.4, -0.2) is 150 Å². The second-order valence-corrected chi connectivity index (χ2v) is 22.0. The van der Waals surface area contributed by atoms with Crippen LogP contribution in [-0.2, 0) is 68.6 Å². The van der Waals surface area contributed by atoms with E-state index in [0.717, 1.165) is 22.4 Å². The fourth-order valence-corrected chi connectivity index (χ4v) is 10.7. The van der Waals surface area contributed by atoms with Crippen LogP contribution in [0.1, 0.15) is 88.5 Å². The summed E-state index contributed by atoms with van der Waals surface area (Å²) in [4.78, 5) is 44.6.